The predicted octanol–water partition coefficient (Wildman–Crippen LogP) is 1.16. The minimum Gasteiger partial charge on any atom is -0.393 e. The molecule has 1 N–H and O–H groups in total. The number of aliphatic hydroxyl groups excluding tert-OH is 1. The Morgan fingerprint density at radius 1 is 1.42 bits per heavy atom. The van der Waals surface area contributed by atoms with Gasteiger partial charge in [0.15, 0.2) is 5.54 Å². The Labute approximate surface area is 74.0 Å². The van der Waals surface area contributed by atoms with Gasteiger partial charge in [0, 0.05) is 6.42 Å². The van der Waals surface area contributed by atoms with E-state index in [0.717, 1.165) is 5.06 Å². The molecule has 1 fully saturated rings. The molecule has 1 heterocycles. The Morgan fingerprint density at radius 2 is 1.92 bits per heavy atom. The fraction of sp³-hybridized carbons (Fsp3) is 0.889. The molecule has 0 spiro atoms. The van der Waals surface area contributed by atoms with Gasteiger partial charge in [-0.3, -0.25) is 0 Å². The maximum Gasteiger partial charge on any atom is 0.183 e. The van der Waals surface area contributed by atoms with Crippen LogP contribution in [0.4, 0.5) is 0 Å². The van der Waals surface area contributed by atoms with Crippen molar-refractivity contribution >= 4 is 0 Å². The Hall–Kier alpha value is -0.250. The van der Waals surface area contributed by atoms with E-state index in [0.29, 0.717) is 12.8 Å². The van der Waals surface area contributed by atoms with Crippen LogP contribution in [0.3, 0.4) is 0 Å². The van der Waals surface area contributed by atoms with E-state index in [1.165, 1.54) is 0 Å². The molecule has 12 heavy (non-hydrogen) atoms. The van der Waals surface area contributed by atoms with E-state index in [1.807, 2.05) is 13.8 Å². The van der Waals surface area contributed by atoms with Gasteiger partial charge >= 0.3 is 0 Å². The molecule has 0 aromatic carbocycles. The summed E-state index contributed by atoms with van der Waals surface area (Å²) in [5.74, 6) is 0. The van der Waals surface area contributed by atoms with Crippen LogP contribution >= 0.6 is 0 Å². The minimum absolute atomic E-state index is 0.396. The third-order valence-corrected chi connectivity index (χ3v) is 2.45. The van der Waals surface area contributed by atoms with Crippen molar-refractivity contribution in [1.29, 1.82) is 0 Å². The number of hydroxylamine groups is 2. The Kier molecular flexibility index (Phi) is 2.15. The summed E-state index contributed by atoms with van der Waals surface area (Å²) in [7, 11) is 0. The van der Waals surface area contributed by atoms with Gasteiger partial charge in [0.1, 0.15) is 0 Å². The quantitative estimate of drug-likeness (QED) is 0.556. The van der Waals surface area contributed by atoms with Crippen LogP contribution in [0.1, 0.15) is 33.6 Å². The first-order valence-corrected chi connectivity index (χ1v) is 4.27. The highest BCUT2D eigenvalue weighted by Gasteiger charge is 2.50. The highest BCUT2D eigenvalue weighted by Crippen LogP contribution is 2.36. The van der Waals surface area contributed by atoms with Gasteiger partial charge in [-0.15, -0.1) is 10.3 Å². The van der Waals surface area contributed by atoms with Gasteiger partial charge in [-0.2, -0.15) is 0 Å². The zero-order valence-corrected chi connectivity index (χ0v) is 8.00. The second kappa shape index (κ2) is 2.62. The van der Waals surface area contributed by atoms with E-state index in [2.05, 4.69) is 6.92 Å². The molecule has 69 valence electrons. The van der Waals surface area contributed by atoms with Crippen molar-refractivity contribution in [3.05, 3.63) is 6.92 Å². The minimum atomic E-state index is -0.679. The van der Waals surface area contributed by atoms with Gasteiger partial charge in [0.25, 0.3) is 0 Å². The molecule has 0 saturated carbocycles. The summed E-state index contributed by atoms with van der Waals surface area (Å²) in [6.07, 6.45) is 0.592. The molecule has 1 rings (SSSR count). The smallest absolute Gasteiger partial charge is 0.183 e. The van der Waals surface area contributed by atoms with Crippen molar-refractivity contribution in [3.63, 3.8) is 0 Å². The monoisotopic (exact) mass is 171 g/mol. The molecule has 3 heteroatoms. The number of aliphatic hydroxyl groups is 1. The summed E-state index contributed by atoms with van der Waals surface area (Å²) in [4.78, 5) is 0. The molecule has 0 aliphatic carbocycles. The van der Waals surface area contributed by atoms with E-state index < -0.39 is 17.2 Å². The molecule has 1 radical (unpaired) electrons. The lowest BCUT2D eigenvalue weighted by atomic mass is 9.80. The standard InChI is InChI=1S/C9H17NO2/c1-8(2)5-7(11)6-9(3,4)10(8)12/h7,11H,1,5-6H2,2-4H3/q+1. The van der Waals surface area contributed by atoms with Crippen LogP contribution in [0, 0.1) is 6.92 Å². The van der Waals surface area contributed by atoms with Crippen molar-refractivity contribution in [2.24, 2.45) is 0 Å². The number of rotatable bonds is 0. The average molecular weight is 171 g/mol. The highest BCUT2D eigenvalue weighted by atomic mass is 16.5. The van der Waals surface area contributed by atoms with Crippen molar-refractivity contribution in [1.82, 2.24) is 5.06 Å². The van der Waals surface area contributed by atoms with Gasteiger partial charge in [0.05, 0.1) is 18.6 Å². The number of piperidine rings is 1. The largest absolute Gasteiger partial charge is 0.393 e. The van der Waals surface area contributed by atoms with Gasteiger partial charge in [-0.25, -0.2) is 0 Å². The van der Waals surface area contributed by atoms with Crippen LogP contribution in [-0.4, -0.2) is 27.4 Å². The first-order valence-electron chi connectivity index (χ1n) is 4.27. The molecule has 0 aromatic rings. The SMILES string of the molecule is [CH2+]C1(C)CC(O)CC(C)(C)N1[O]. The molecule has 1 saturated heterocycles. The van der Waals surface area contributed by atoms with E-state index in [-0.39, 0.29) is 0 Å². The van der Waals surface area contributed by atoms with Crippen LogP contribution < -0.4 is 0 Å². The van der Waals surface area contributed by atoms with E-state index in [4.69, 9.17) is 0 Å². The summed E-state index contributed by atoms with van der Waals surface area (Å²) < 4.78 is 0. The van der Waals surface area contributed by atoms with E-state index in [1.54, 1.807) is 6.92 Å². The normalized spacial score (nSPS) is 42.9. The fourth-order valence-corrected chi connectivity index (χ4v) is 2.05. The molecule has 0 aromatic heterocycles. The van der Waals surface area contributed by atoms with E-state index in [9.17, 15) is 10.3 Å². The molecule has 0 amide bonds. The summed E-state index contributed by atoms with van der Waals surface area (Å²) >= 11 is 0. The number of nitrogens with zero attached hydrogens (tertiary/aromatic N) is 1. The van der Waals surface area contributed by atoms with Gasteiger partial charge in [0.2, 0.25) is 0 Å². The molecule has 0 bridgehead atoms. The van der Waals surface area contributed by atoms with Crippen LogP contribution in [0.25, 0.3) is 0 Å². The topological polar surface area (TPSA) is 43.4 Å². The van der Waals surface area contributed by atoms with Crippen LogP contribution in [-0.2, 0) is 5.21 Å². The second-order valence-electron chi connectivity index (χ2n) is 4.67. The molecular weight excluding hydrogens is 154 g/mol. The summed E-state index contributed by atoms with van der Waals surface area (Å²) in [5, 5.41) is 22.2. The predicted molar refractivity (Wildman–Crippen MR) is 45.6 cm³/mol. The second-order valence-corrected chi connectivity index (χ2v) is 4.67. The van der Waals surface area contributed by atoms with Gasteiger partial charge in [-0.05, 0) is 27.2 Å². The Bertz CT molecular complexity index is 159. The van der Waals surface area contributed by atoms with Crippen molar-refractivity contribution in [2.75, 3.05) is 0 Å². The van der Waals surface area contributed by atoms with Crippen molar-refractivity contribution in [3.8, 4) is 0 Å². The van der Waals surface area contributed by atoms with Gasteiger partial charge < -0.3 is 5.11 Å². The Morgan fingerprint density at radius 3 is 2.33 bits per heavy atom. The molecule has 2 atom stereocenters. The third kappa shape index (κ3) is 1.58. The van der Waals surface area contributed by atoms with E-state index >= 15 is 0 Å². The molecule has 1 aliphatic rings. The summed E-state index contributed by atoms with van der Waals surface area (Å²) in [6, 6.07) is 0. The van der Waals surface area contributed by atoms with Crippen LogP contribution in [0.5, 0.6) is 0 Å². The molecule has 1 aliphatic heterocycles. The maximum atomic E-state index is 11.7. The molecular formula is C9H17NO2+. The zero-order chi connectivity index (χ0) is 9.57. The molecule has 2 unspecified atom stereocenters. The zero-order valence-electron chi connectivity index (χ0n) is 8.00. The van der Waals surface area contributed by atoms with Crippen LogP contribution in [0.15, 0.2) is 0 Å². The lowest BCUT2D eigenvalue weighted by molar-refractivity contribution is -0.291. The van der Waals surface area contributed by atoms with Gasteiger partial charge in [-0.1, -0.05) is 0 Å². The maximum absolute atomic E-state index is 11.7. The summed E-state index contributed by atoms with van der Waals surface area (Å²) in [5.41, 5.74) is -1.17. The first-order chi connectivity index (χ1) is 5.26. The first kappa shape index (κ1) is 9.84. The number of hydrogen-bond donors (Lipinski definition) is 1. The summed E-state index contributed by atoms with van der Waals surface area (Å²) in [6.45, 7) is 9.26. The lowest BCUT2D eigenvalue weighted by Crippen LogP contribution is -2.59. The van der Waals surface area contributed by atoms with Crippen LogP contribution in [0.2, 0.25) is 0 Å². The number of hydrogen-bond acceptors (Lipinski definition) is 2. The fourth-order valence-electron chi connectivity index (χ4n) is 2.05. The lowest BCUT2D eigenvalue weighted by Gasteiger charge is -2.44. The molecule has 3 nitrogen and oxygen atoms in total. The third-order valence-electron chi connectivity index (χ3n) is 2.45. The highest BCUT2D eigenvalue weighted by molar-refractivity contribution is 4.99. The van der Waals surface area contributed by atoms with Crippen molar-refractivity contribution < 1.29 is 10.3 Å². The average Bonchev–Trinajstić information content (AvgIpc) is 1.80. The van der Waals surface area contributed by atoms with Crippen molar-refractivity contribution in [2.45, 2.75) is 50.8 Å². The Balaban J connectivity index is 2.84.